The third-order valence-electron chi connectivity index (χ3n) is 4.61. The molecule has 2 aromatic carbocycles. The fraction of sp³-hybridized carbons (Fsp3) is 0.350. The van der Waals surface area contributed by atoms with Crippen molar-refractivity contribution in [1.29, 1.82) is 0 Å². The molecule has 0 aliphatic carbocycles. The van der Waals surface area contributed by atoms with Gasteiger partial charge in [0.05, 0.1) is 13.2 Å². The van der Waals surface area contributed by atoms with Crippen LogP contribution in [0.15, 0.2) is 42.5 Å². The lowest BCUT2D eigenvalue weighted by Crippen LogP contribution is -2.36. The van der Waals surface area contributed by atoms with Crippen LogP contribution >= 0.6 is 0 Å². The second kappa shape index (κ2) is 7.07. The number of benzene rings is 2. The van der Waals surface area contributed by atoms with Gasteiger partial charge < -0.3 is 4.74 Å². The second-order valence-corrected chi connectivity index (χ2v) is 6.12. The summed E-state index contributed by atoms with van der Waals surface area (Å²) >= 11 is 0. The molecule has 1 saturated heterocycles. The summed E-state index contributed by atoms with van der Waals surface area (Å²) in [7, 11) is 0. The number of ether oxygens (including phenoxy) is 1. The Morgan fingerprint density at radius 2 is 1.70 bits per heavy atom. The highest BCUT2D eigenvalue weighted by Crippen LogP contribution is 2.21. The first kappa shape index (κ1) is 15.9. The maximum absolute atomic E-state index is 13.0. The zero-order chi connectivity index (χ0) is 16.2. The summed E-state index contributed by atoms with van der Waals surface area (Å²) < 4.78 is 5.40. The highest BCUT2D eigenvalue weighted by Gasteiger charge is 2.18. The first-order chi connectivity index (χ1) is 11.2. The van der Waals surface area contributed by atoms with Gasteiger partial charge in [-0.15, -0.1) is 0 Å². The number of carbonyl (C=O) groups excluding carboxylic acids is 1. The van der Waals surface area contributed by atoms with Gasteiger partial charge in [0.15, 0.2) is 5.78 Å². The minimum absolute atomic E-state index is 0.120. The predicted octanol–water partition coefficient (Wildman–Crippen LogP) is 3.37. The monoisotopic (exact) mass is 309 g/mol. The number of nitrogens with zero attached hydrogens (tertiary/aromatic N) is 1. The second-order valence-electron chi connectivity index (χ2n) is 6.12. The summed E-state index contributed by atoms with van der Waals surface area (Å²) in [6.45, 7) is 8.26. The minimum Gasteiger partial charge on any atom is -0.379 e. The smallest absolute Gasteiger partial charge is 0.193 e. The fourth-order valence-electron chi connectivity index (χ4n) is 3.02. The van der Waals surface area contributed by atoms with E-state index in [1.165, 1.54) is 0 Å². The molecule has 1 aliphatic heterocycles. The van der Waals surface area contributed by atoms with E-state index < -0.39 is 0 Å². The van der Waals surface area contributed by atoms with Gasteiger partial charge in [-0.3, -0.25) is 9.69 Å². The molecule has 3 nitrogen and oxygen atoms in total. The van der Waals surface area contributed by atoms with E-state index in [-0.39, 0.29) is 5.78 Å². The van der Waals surface area contributed by atoms with Crippen LogP contribution in [0.25, 0.3) is 0 Å². The van der Waals surface area contributed by atoms with Crippen LogP contribution in [-0.4, -0.2) is 37.0 Å². The van der Waals surface area contributed by atoms with E-state index in [1.54, 1.807) is 0 Å². The Kier molecular flexibility index (Phi) is 4.89. The molecule has 1 heterocycles. The normalized spacial score (nSPS) is 15.6. The summed E-state index contributed by atoms with van der Waals surface area (Å²) in [4.78, 5) is 15.4. The van der Waals surface area contributed by atoms with Crippen LogP contribution in [0.4, 0.5) is 0 Å². The zero-order valence-corrected chi connectivity index (χ0v) is 13.8. The number of rotatable bonds is 4. The van der Waals surface area contributed by atoms with Gasteiger partial charge in [-0.25, -0.2) is 0 Å². The summed E-state index contributed by atoms with van der Waals surface area (Å²) in [6.07, 6.45) is 0. The molecule has 0 saturated carbocycles. The van der Waals surface area contributed by atoms with Gasteiger partial charge >= 0.3 is 0 Å². The molecule has 3 rings (SSSR count). The first-order valence-electron chi connectivity index (χ1n) is 8.16. The number of hydrogen-bond acceptors (Lipinski definition) is 3. The van der Waals surface area contributed by atoms with Gasteiger partial charge in [0.1, 0.15) is 0 Å². The highest BCUT2D eigenvalue weighted by atomic mass is 16.5. The van der Waals surface area contributed by atoms with Crippen molar-refractivity contribution in [3.8, 4) is 0 Å². The van der Waals surface area contributed by atoms with Gasteiger partial charge in [0, 0.05) is 30.8 Å². The molecule has 0 spiro atoms. The lowest BCUT2D eigenvalue weighted by molar-refractivity contribution is 0.0341. The number of aryl methyl sites for hydroxylation is 1. The molecule has 0 N–H and O–H groups in total. The van der Waals surface area contributed by atoms with Crippen LogP contribution in [0.1, 0.15) is 32.6 Å². The minimum atomic E-state index is 0.120. The lowest BCUT2D eigenvalue weighted by atomic mass is 9.93. The van der Waals surface area contributed by atoms with Crippen LogP contribution in [0.5, 0.6) is 0 Å². The molecule has 3 heteroatoms. The van der Waals surface area contributed by atoms with Crippen molar-refractivity contribution in [2.75, 3.05) is 26.3 Å². The van der Waals surface area contributed by atoms with Crippen LogP contribution in [0.3, 0.4) is 0 Å². The molecular weight excluding hydrogens is 286 g/mol. The fourth-order valence-corrected chi connectivity index (χ4v) is 3.02. The maximum Gasteiger partial charge on any atom is 0.193 e. The van der Waals surface area contributed by atoms with E-state index in [1.807, 2.05) is 50.2 Å². The molecule has 0 amide bonds. The number of hydrogen-bond donors (Lipinski definition) is 0. The van der Waals surface area contributed by atoms with E-state index in [4.69, 9.17) is 4.74 Å². The lowest BCUT2D eigenvalue weighted by Gasteiger charge is -2.27. The molecule has 0 aromatic heterocycles. The van der Waals surface area contributed by atoms with E-state index >= 15 is 0 Å². The van der Waals surface area contributed by atoms with Crippen LogP contribution in [0, 0.1) is 13.8 Å². The Labute approximate surface area is 137 Å². The molecule has 0 bridgehead atoms. The van der Waals surface area contributed by atoms with Crippen molar-refractivity contribution in [3.63, 3.8) is 0 Å². The molecule has 0 unspecified atom stereocenters. The standard InChI is InChI=1S/C20H23NO2/c1-15-6-5-9-18(16(15)2)20(22)19-8-4-3-7-17(19)14-21-10-12-23-13-11-21/h3-9H,10-14H2,1-2H3. The van der Waals surface area contributed by atoms with Crippen molar-refractivity contribution < 1.29 is 9.53 Å². The van der Waals surface area contributed by atoms with E-state index in [9.17, 15) is 4.79 Å². The third kappa shape index (κ3) is 3.52. The Balaban J connectivity index is 1.90. The maximum atomic E-state index is 13.0. The van der Waals surface area contributed by atoms with Gasteiger partial charge in [-0.2, -0.15) is 0 Å². The van der Waals surface area contributed by atoms with Crippen LogP contribution in [0.2, 0.25) is 0 Å². The average Bonchev–Trinajstić information content (AvgIpc) is 2.58. The van der Waals surface area contributed by atoms with Crippen molar-refractivity contribution in [2.24, 2.45) is 0 Å². The summed E-state index contributed by atoms with van der Waals surface area (Å²) in [5.74, 6) is 0.120. The third-order valence-corrected chi connectivity index (χ3v) is 4.61. The molecule has 1 aliphatic rings. The average molecular weight is 309 g/mol. The molecule has 23 heavy (non-hydrogen) atoms. The molecule has 2 aromatic rings. The molecule has 120 valence electrons. The molecule has 1 fully saturated rings. The van der Waals surface area contributed by atoms with Crippen LogP contribution < -0.4 is 0 Å². The Morgan fingerprint density at radius 1 is 1.00 bits per heavy atom. The SMILES string of the molecule is Cc1cccc(C(=O)c2ccccc2CN2CCOCC2)c1C. The largest absolute Gasteiger partial charge is 0.379 e. The zero-order valence-electron chi connectivity index (χ0n) is 13.8. The van der Waals surface area contributed by atoms with Gasteiger partial charge in [0.2, 0.25) is 0 Å². The molecule has 0 radical (unpaired) electrons. The summed E-state index contributed by atoms with van der Waals surface area (Å²) in [5.41, 5.74) is 4.94. The summed E-state index contributed by atoms with van der Waals surface area (Å²) in [6, 6.07) is 13.9. The van der Waals surface area contributed by atoms with Gasteiger partial charge in [-0.05, 0) is 30.5 Å². The molecule has 0 atom stereocenters. The Hall–Kier alpha value is -1.97. The number of ketones is 1. The quantitative estimate of drug-likeness (QED) is 0.811. The van der Waals surface area contributed by atoms with Gasteiger partial charge in [0.25, 0.3) is 0 Å². The summed E-state index contributed by atoms with van der Waals surface area (Å²) in [5, 5.41) is 0. The van der Waals surface area contributed by atoms with E-state index in [0.29, 0.717) is 0 Å². The van der Waals surface area contributed by atoms with Crippen LogP contribution in [-0.2, 0) is 11.3 Å². The van der Waals surface area contributed by atoms with E-state index in [0.717, 1.165) is 60.7 Å². The van der Waals surface area contributed by atoms with Crippen molar-refractivity contribution >= 4 is 5.78 Å². The Bertz CT molecular complexity index is 703. The van der Waals surface area contributed by atoms with Crippen molar-refractivity contribution in [3.05, 3.63) is 70.3 Å². The van der Waals surface area contributed by atoms with Crippen molar-refractivity contribution in [1.82, 2.24) is 4.90 Å². The van der Waals surface area contributed by atoms with E-state index in [2.05, 4.69) is 11.0 Å². The number of carbonyl (C=O) groups is 1. The predicted molar refractivity (Wildman–Crippen MR) is 91.9 cm³/mol. The van der Waals surface area contributed by atoms with Crippen molar-refractivity contribution in [2.45, 2.75) is 20.4 Å². The number of morpholine rings is 1. The first-order valence-corrected chi connectivity index (χ1v) is 8.16. The highest BCUT2D eigenvalue weighted by molar-refractivity contribution is 6.10. The topological polar surface area (TPSA) is 29.5 Å². The molecular formula is C20H23NO2. The Morgan fingerprint density at radius 3 is 2.48 bits per heavy atom. The van der Waals surface area contributed by atoms with Gasteiger partial charge in [-0.1, -0.05) is 42.5 Å².